The number of hydrogen-bond donors (Lipinski definition) is 3. The van der Waals surface area contributed by atoms with Gasteiger partial charge in [0.1, 0.15) is 0 Å². The maximum atomic E-state index is 11.1. The lowest BCUT2D eigenvalue weighted by molar-refractivity contribution is -0.114. The number of amides is 1. The third-order valence-corrected chi connectivity index (χ3v) is 2.57. The minimum absolute atomic E-state index is 0.202. The molecule has 0 radical (unpaired) electrons. The van der Waals surface area contributed by atoms with Crippen molar-refractivity contribution >= 4 is 18.1 Å². The van der Waals surface area contributed by atoms with Gasteiger partial charge in [0.2, 0.25) is 5.91 Å². The number of carboxylic acids is 1. The fraction of sp³-hybridized carbons (Fsp3) is 0.154. The third-order valence-electron chi connectivity index (χ3n) is 2.57. The van der Waals surface area contributed by atoms with Crippen molar-refractivity contribution in [3.8, 4) is 0 Å². The molecule has 0 spiro atoms. The Morgan fingerprint density at radius 2 is 2.11 bits per heavy atom. The number of carboxylic acid groups (broad SMARTS) is 1. The van der Waals surface area contributed by atoms with Crippen LogP contribution in [0, 0.1) is 12.3 Å². The number of primary amides is 1. The molecule has 94 valence electrons. The predicted molar refractivity (Wildman–Crippen MR) is 67.9 cm³/mol. The first-order valence-corrected chi connectivity index (χ1v) is 5.28. The topological polar surface area (TPSA) is 104 Å². The lowest BCUT2D eigenvalue weighted by Gasteiger charge is -2.07. The standard InChI is InChI=1S/C13H14N2O3/c1-8-6-11(13(17)18)3-2-9(8)7-10(4-5-14)12(15)16/h2-6,14H,7H2,1H3,(H2,15,16)(H,17,18)/b10-4-,14-5?. The van der Waals surface area contributed by atoms with Gasteiger partial charge in [-0.05, 0) is 36.3 Å². The van der Waals surface area contributed by atoms with E-state index in [1.165, 1.54) is 12.1 Å². The number of nitrogens with two attached hydrogens (primary N) is 1. The molecule has 0 bridgehead atoms. The summed E-state index contributed by atoms with van der Waals surface area (Å²) in [7, 11) is 0. The van der Waals surface area contributed by atoms with Gasteiger partial charge < -0.3 is 16.2 Å². The molecule has 1 amide bonds. The zero-order valence-electron chi connectivity index (χ0n) is 9.93. The molecule has 0 aliphatic carbocycles. The number of carbonyl (C=O) groups is 2. The number of nitrogens with one attached hydrogen (secondary N) is 1. The Hall–Kier alpha value is -2.43. The molecule has 0 unspecified atom stereocenters. The molecule has 5 heteroatoms. The van der Waals surface area contributed by atoms with Crippen molar-refractivity contribution in [2.75, 3.05) is 0 Å². The Morgan fingerprint density at radius 3 is 2.56 bits per heavy atom. The lowest BCUT2D eigenvalue weighted by atomic mass is 9.98. The van der Waals surface area contributed by atoms with Crippen LogP contribution >= 0.6 is 0 Å². The van der Waals surface area contributed by atoms with E-state index in [2.05, 4.69) is 0 Å². The fourth-order valence-corrected chi connectivity index (χ4v) is 1.56. The van der Waals surface area contributed by atoms with E-state index in [9.17, 15) is 9.59 Å². The average molecular weight is 246 g/mol. The number of allylic oxidation sites excluding steroid dienone is 1. The molecule has 0 aliphatic heterocycles. The highest BCUT2D eigenvalue weighted by molar-refractivity contribution is 5.96. The molecule has 0 saturated heterocycles. The van der Waals surface area contributed by atoms with Crippen molar-refractivity contribution in [3.63, 3.8) is 0 Å². The normalized spacial score (nSPS) is 11.1. The van der Waals surface area contributed by atoms with Gasteiger partial charge in [-0.1, -0.05) is 6.07 Å². The SMILES string of the molecule is Cc1cc(C(=O)O)ccc1C/C(=C/C=N)C(N)=O. The second-order valence-corrected chi connectivity index (χ2v) is 3.85. The van der Waals surface area contributed by atoms with E-state index in [-0.39, 0.29) is 12.0 Å². The highest BCUT2D eigenvalue weighted by Crippen LogP contribution is 2.15. The van der Waals surface area contributed by atoms with Crippen LogP contribution in [0.5, 0.6) is 0 Å². The van der Waals surface area contributed by atoms with Gasteiger partial charge in [-0.2, -0.15) is 0 Å². The molecule has 1 aromatic carbocycles. The lowest BCUT2D eigenvalue weighted by Crippen LogP contribution is -2.16. The van der Waals surface area contributed by atoms with Crippen molar-refractivity contribution in [1.29, 1.82) is 5.41 Å². The molecule has 18 heavy (non-hydrogen) atoms. The van der Waals surface area contributed by atoms with Gasteiger partial charge >= 0.3 is 5.97 Å². The van der Waals surface area contributed by atoms with Crippen LogP contribution < -0.4 is 5.73 Å². The zero-order valence-corrected chi connectivity index (χ0v) is 9.93. The van der Waals surface area contributed by atoms with Gasteiger partial charge in [0.25, 0.3) is 0 Å². The molecule has 0 aliphatic rings. The summed E-state index contributed by atoms with van der Waals surface area (Å²) in [5.41, 5.74) is 7.29. The van der Waals surface area contributed by atoms with E-state index < -0.39 is 11.9 Å². The minimum atomic E-state index is -0.991. The number of carbonyl (C=O) groups excluding carboxylic acids is 1. The fourth-order valence-electron chi connectivity index (χ4n) is 1.56. The number of aromatic carboxylic acids is 1. The van der Waals surface area contributed by atoms with E-state index in [1.807, 2.05) is 0 Å². The van der Waals surface area contributed by atoms with Crippen LogP contribution in [0.1, 0.15) is 21.5 Å². The smallest absolute Gasteiger partial charge is 0.335 e. The van der Waals surface area contributed by atoms with Gasteiger partial charge in [-0.15, -0.1) is 0 Å². The van der Waals surface area contributed by atoms with Gasteiger partial charge in [-0.3, -0.25) is 4.79 Å². The van der Waals surface area contributed by atoms with Crippen molar-refractivity contribution in [1.82, 2.24) is 0 Å². The van der Waals surface area contributed by atoms with Crippen molar-refractivity contribution < 1.29 is 14.7 Å². The summed E-state index contributed by atoms with van der Waals surface area (Å²) < 4.78 is 0. The number of hydrogen-bond acceptors (Lipinski definition) is 3. The Balaban J connectivity index is 3.05. The second kappa shape index (κ2) is 5.77. The molecule has 5 nitrogen and oxygen atoms in total. The molecular formula is C13H14N2O3. The molecule has 0 heterocycles. The van der Waals surface area contributed by atoms with Crippen molar-refractivity contribution in [2.24, 2.45) is 5.73 Å². The van der Waals surface area contributed by atoms with Gasteiger partial charge in [0.05, 0.1) is 5.56 Å². The molecule has 0 atom stereocenters. The van der Waals surface area contributed by atoms with Crippen LogP contribution in [0.25, 0.3) is 0 Å². The highest BCUT2D eigenvalue weighted by atomic mass is 16.4. The van der Waals surface area contributed by atoms with Crippen LogP contribution in [-0.4, -0.2) is 23.2 Å². The van der Waals surface area contributed by atoms with Gasteiger partial charge in [0, 0.05) is 18.2 Å². The van der Waals surface area contributed by atoms with Gasteiger partial charge in [0.15, 0.2) is 0 Å². The summed E-state index contributed by atoms with van der Waals surface area (Å²) in [4.78, 5) is 21.9. The third kappa shape index (κ3) is 3.28. The van der Waals surface area contributed by atoms with E-state index in [0.29, 0.717) is 5.57 Å². The van der Waals surface area contributed by atoms with E-state index in [4.69, 9.17) is 16.2 Å². The van der Waals surface area contributed by atoms with Crippen LogP contribution in [0.15, 0.2) is 29.8 Å². The summed E-state index contributed by atoms with van der Waals surface area (Å²) in [6.07, 6.45) is 2.63. The Bertz CT molecular complexity index is 533. The van der Waals surface area contributed by atoms with E-state index >= 15 is 0 Å². The largest absolute Gasteiger partial charge is 0.478 e. The highest BCUT2D eigenvalue weighted by Gasteiger charge is 2.10. The predicted octanol–water partition coefficient (Wildman–Crippen LogP) is 1.30. The Kier molecular flexibility index (Phi) is 4.37. The van der Waals surface area contributed by atoms with Crippen LogP contribution in [-0.2, 0) is 11.2 Å². The zero-order chi connectivity index (χ0) is 13.7. The molecule has 0 aromatic heterocycles. The molecule has 4 N–H and O–H groups in total. The number of rotatable bonds is 5. The molecule has 0 fully saturated rings. The van der Waals surface area contributed by atoms with Crippen molar-refractivity contribution in [2.45, 2.75) is 13.3 Å². The first-order chi connectivity index (χ1) is 8.45. The molecular weight excluding hydrogens is 232 g/mol. The maximum absolute atomic E-state index is 11.1. The maximum Gasteiger partial charge on any atom is 0.335 e. The summed E-state index contributed by atoms with van der Waals surface area (Å²) in [6, 6.07) is 4.67. The van der Waals surface area contributed by atoms with Crippen LogP contribution in [0.2, 0.25) is 0 Å². The second-order valence-electron chi connectivity index (χ2n) is 3.85. The first kappa shape index (κ1) is 13.6. The summed E-state index contributed by atoms with van der Waals surface area (Å²) in [6.45, 7) is 1.77. The number of aryl methyl sites for hydroxylation is 1. The summed E-state index contributed by atoms with van der Waals surface area (Å²) in [5.74, 6) is -1.57. The molecule has 1 rings (SSSR count). The van der Waals surface area contributed by atoms with Gasteiger partial charge in [-0.25, -0.2) is 4.79 Å². The Morgan fingerprint density at radius 1 is 1.44 bits per heavy atom. The van der Waals surface area contributed by atoms with E-state index in [0.717, 1.165) is 17.3 Å². The van der Waals surface area contributed by atoms with Crippen molar-refractivity contribution in [3.05, 3.63) is 46.5 Å². The average Bonchev–Trinajstić information content (AvgIpc) is 2.30. The quantitative estimate of drug-likeness (QED) is 0.538. The monoisotopic (exact) mass is 246 g/mol. The summed E-state index contributed by atoms with van der Waals surface area (Å²) in [5, 5.41) is 15.8. The summed E-state index contributed by atoms with van der Waals surface area (Å²) >= 11 is 0. The molecule has 1 aromatic rings. The van der Waals surface area contributed by atoms with Crippen LogP contribution in [0.3, 0.4) is 0 Å². The number of benzene rings is 1. The van der Waals surface area contributed by atoms with Crippen LogP contribution in [0.4, 0.5) is 0 Å². The minimum Gasteiger partial charge on any atom is -0.478 e. The van der Waals surface area contributed by atoms with E-state index in [1.54, 1.807) is 19.1 Å². The molecule has 0 saturated carbocycles. The Labute approximate surface area is 104 Å². The first-order valence-electron chi connectivity index (χ1n) is 5.28.